The van der Waals surface area contributed by atoms with Crippen molar-refractivity contribution in [2.75, 3.05) is 7.11 Å². The summed E-state index contributed by atoms with van der Waals surface area (Å²) in [5, 5.41) is 4.10. The number of hydroxylamine groups is 1. The second kappa shape index (κ2) is 3.90. The van der Waals surface area contributed by atoms with Crippen LogP contribution in [-0.2, 0) is 4.84 Å². The number of fused-ring (bicyclic) bond motifs is 1. The predicted octanol–water partition coefficient (Wildman–Crippen LogP) is 0.637. The van der Waals surface area contributed by atoms with E-state index < -0.39 is 0 Å². The van der Waals surface area contributed by atoms with Crippen LogP contribution in [0.3, 0.4) is 0 Å². The van der Waals surface area contributed by atoms with Gasteiger partial charge in [0.1, 0.15) is 5.56 Å². The fourth-order valence-electron chi connectivity index (χ4n) is 1.58. The summed E-state index contributed by atoms with van der Waals surface area (Å²) < 4.78 is 1.62. The molecule has 0 aliphatic rings. The van der Waals surface area contributed by atoms with Crippen LogP contribution in [-0.4, -0.2) is 27.6 Å². The van der Waals surface area contributed by atoms with Crippen LogP contribution in [0.4, 0.5) is 0 Å². The van der Waals surface area contributed by atoms with Crippen LogP contribution in [0.1, 0.15) is 21.7 Å². The summed E-state index contributed by atoms with van der Waals surface area (Å²) in [5.41, 5.74) is 4.95. The molecule has 2 aromatic heterocycles. The standard InChI is InChI=1S/C10H12N4O2/c1-6-4-7(2)14-9(12-6)8(5-11-14)10(15)13-16-3/h4-5H,1-3H3,(H,13,15). The van der Waals surface area contributed by atoms with Crippen LogP contribution in [0.5, 0.6) is 0 Å². The third-order valence-electron chi connectivity index (χ3n) is 2.22. The van der Waals surface area contributed by atoms with E-state index in [1.165, 1.54) is 13.3 Å². The monoisotopic (exact) mass is 220 g/mol. The van der Waals surface area contributed by atoms with Crippen molar-refractivity contribution in [2.45, 2.75) is 13.8 Å². The maximum Gasteiger partial charge on any atom is 0.280 e. The molecule has 6 nitrogen and oxygen atoms in total. The van der Waals surface area contributed by atoms with Gasteiger partial charge in [0, 0.05) is 11.4 Å². The van der Waals surface area contributed by atoms with Crippen molar-refractivity contribution in [3.05, 3.63) is 29.2 Å². The average molecular weight is 220 g/mol. The van der Waals surface area contributed by atoms with Gasteiger partial charge in [-0.3, -0.25) is 9.63 Å². The lowest BCUT2D eigenvalue weighted by atomic mass is 10.3. The van der Waals surface area contributed by atoms with Crippen molar-refractivity contribution in [1.82, 2.24) is 20.1 Å². The highest BCUT2D eigenvalue weighted by Crippen LogP contribution is 2.11. The number of carbonyl (C=O) groups is 1. The molecule has 0 saturated carbocycles. The number of hydrogen-bond acceptors (Lipinski definition) is 4. The summed E-state index contributed by atoms with van der Waals surface area (Å²) >= 11 is 0. The van der Waals surface area contributed by atoms with Gasteiger partial charge in [-0.15, -0.1) is 0 Å². The SMILES string of the molecule is CONC(=O)c1cnn2c(C)cc(C)nc12. The third-order valence-corrected chi connectivity index (χ3v) is 2.22. The summed E-state index contributed by atoms with van der Waals surface area (Å²) in [4.78, 5) is 20.5. The molecule has 84 valence electrons. The number of nitrogens with zero attached hydrogens (tertiary/aromatic N) is 3. The van der Waals surface area contributed by atoms with Gasteiger partial charge in [-0.05, 0) is 19.9 Å². The molecule has 0 unspecified atom stereocenters. The van der Waals surface area contributed by atoms with E-state index in [1.54, 1.807) is 4.52 Å². The molecule has 0 radical (unpaired) electrons. The minimum absolute atomic E-state index is 0.352. The van der Waals surface area contributed by atoms with E-state index in [9.17, 15) is 4.79 Å². The quantitative estimate of drug-likeness (QED) is 0.754. The Morgan fingerprint density at radius 1 is 1.50 bits per heavy atom. The smallest absolute Gasteiger partial charge is 0.277 e. The molecule has 16 heavy (non-hydrogen) atoms. The normalized spacial score (nSPS) is 10.7. The number of amides is 1. The van der Waals surface area contributed by atoms with Crippen LogP contribution >= 0.6 is 0 Å². The van der Waals surface area contributed by atoms with E-state index >= 15 is 0 Å². The molecular weight excluding hydrogens is 208 g/mol. The second-order valence-corrected chi connectivity index (χ2v) is 3.47. The molecule has 0 aliphatic heterocycles. The van der Waals surface area contributed by atoms with Gasteiger partial charge in [0.2, 0.25) is 0 Å². The van der Waals surface area contributed by atoms with Crippen molar-refractivity contribution in [1.29, 1.82) is 0 Å². The van der Waals surface area contributed by atoms with Crippen molar-refractivity contribution in [3.8, 4) is 0 Å². The maximum absolute atomic E-state index is 11.6. The van der Waals surface area contributed by atoms with Crippen molar-refractivity contribution >= 4 is 11.6 Å². The Balaban J connectivity index is 2.60. The first-order chi connectivity index (χ1) is 7.63. The molecule has 1 amide bonds. The lowest BCUT2D eigenvalue weighted by Crippen LogP contribution is -2.21. The molecule has 2 heterocycles. The highest BCUT2D eigenvalue weighted by molar-refractivity contribution is 5.99. The van der Waals surface area contributed by atoms with Crippen LogP contribution < -0.4 is 5.48 Å². The average Bonchev–Trinajstić information content (AvgIpc) is 2.61. The molecule has 0 bridgehead atoms. The lowest BCUT2D eigenvalue weighted by molar-refractivity contribution is 0.0539. The maximum atomic E-state index is 11.6. The van der Waals surface area contributed by atoms with Gasteiger partial charge >= 0.3 is 0 Å². The fraction of sp³-hybridized carbons (Fsp3) is 0.300. The number of carbonyl (C=O) groups excluding carboxylic acids is 1. The Labute approximate surface area is 92.2 Å². The molecule has 2 rings (SSSR count). The van der Waals surface area contributed by atoms with E-state index in [0.717, 1.165) is 11.4 Å². The molecule has 0 fully saturated rings. The fourth-order valence-corrected chi connectivity index (χ4v) is 1.58. The van der Waals surface area contributed by atoms with E-state index in [4.69, 9.17) is 0 Å². The van der Waals surface area contributed by atoms with Gasteiger partial charge in [-0.1, -0.05) is 0 Å². The Morgan fingerprint density at radius 2 is 2.25 bits per heavy atom. The zero-order valence-electron chi connectivity index (χ0n) is 9.31. The third kappa shape index (κ3) is 1.63. The highest BCUT2D eigenvalue weighted by atomic mass is 16.6. The van der Waals surface area contributed by atoms with Crippen molar-refractivity contribution < 1.29 is 9.63 Å². The number of nitrogens with one attached hydrogen (secondary N) is 1. The molecule has 1 N–H and O–H groups in total. The first-order valence-corrected chi connectivity index (χ1v) is 4.79. The molecular formula is C10H12N4O2. The van der Waals surface area contributed by atoms with Gasteiger partial charge in [0.05, 0.1) is 13.3 Å². The second-order valence-electron chi connectivity index (χ2n) is 3.47. The number of hydrogen-bond donors (Lipinski definition) is 1. The van der Waals surface area contributed by atoms with Crippen molar-refractivity contribution in [2.24, 2.45) is 0 Å². The zero-order chi connectivity index (χ0) is 11.7. The first-order valence-electron chi connectivity index (χ1n) is 4.79. The van der Waals surface area contributed by atoms with Gasteiger partial charge in [-0.25, -0.2) is 15.0 Å². The van der Waals surface area contributed by atoms with Crippen LogP contribution in [0, 0.1) is 13.8 Å². The van der Waals surface area contributed by atoms with E-state index in [0.29, 0.717) is 11.2 Å². The van der Waals surface area contributed by atoms with E-state index in [-0.39, 0.29) is 5.91 Å². The Bertz CT molecular complexity index is 547. The van der Waals surface area contributed by atoms with Crippen LogP contribution in [0.15, 0.2) is 12.3 Å². The van der Waals surface area contributed by atoms with E-state index in [2.05, 4.69) is 20.4 Å². The Kier molecular flexibility index (Phi) is 2.57. The van der Waals surface area contributed by atoms with Crippen LogP contribution in [0.25, 0.3) is 5.65 Å². The predicted molar refractivity (Wildman–Crippen MR) is 56.9 cm³/mol. The number of aromatic nitrogens is 3. The molecule has 0 spiro atoms. The molecule has 0 saturated heterocycles. The van der Waals surface area contributed by atoms with E-state index in [1.807, 2.05) is 19.9 Å². The summed E-state index contributed by atoms with van der Waals surface area (Å²) in [6.07, 6.45) is 1.48. The highest BCUT2D eigenvalue weighted by Gasteiger charge is 2.14. The first kappa shape index (κ1) is 10.6. The lowest BCUT2D eigenvalue weighted by Gasteiger charge is -2.02. The number of rotatable bonds is 2. The topological polar surface area (TPSA) is 68.5 Å². The summed E-state index contributed by atoms with van der Waals surface area (Å²) in [5.74, 6) is -0.352. The Hall–Kier alpha value is -1.95. The molecule has 0 aliphatic carbocycles. The zero-order valence-corrected chi connectivity index (χ0v) is 9.31. The molecule has 0 aromatic carbocycles. The summed E-state index contributed by atoms with van der Waals surface area (Å²) in [6.45, 7) is 3.78. The minimum Gasteiger partial charge on any atom is -0.277 e. The largest absolute Gasteiger partial charge is 0.280 e. The van der Waals surface area contributed by atoms with Gasteiger partial charge in [0.15, 0.2) is 5.65 Å². The summed E-state index contributed by atoms with van der Waals surface area (Å²) in [6, 6.07) is 1.90. The minimum atomic E-state index is -0.352. The van der Waals surface area contributed by atoms with Crippen molar-refractivity contribution in [3.63, 3.8) is 0 Å². The van der Waals surface area contributed by atoms with Gasteiger partial charge in [-0.2, -0.15) is 5.10 Å². The molecule has 2 aromatic rings. The van der Waals surface area contributed by atoms with Gasteiger partial charge < -0.3 is 0 Å². The number of aryl methyl sites for hydroxylation is 2. The summed E-state index contributed by atoms with van der Waals surface area (Å²) in [7, 11) is 1.38. The van der Waals surface area contributed by atoms with Crippen LogP contribution in [0.2, 0.25) is 0 Å². The molecule has 6 heteroatoms. The van der Waals surface area contributed by atoms with Gasteiger partial charge in [0.25, 0.3) is 5.91 Å². The molecule has 0 atom stereocenters. The Morgan fingerprint density at radius 3 is 2.94 bits per heavy atom.